The van der Waals surface area contributed by atoms with Gasteiger partial charge < -0.3 is 15.2 Å². The third-order valence-corrected chi connectivity index (χ3v) is 4.43. The van der Waals surface area contributed by atoms with Gasteiger partial charge in [-0.1, -0.05) is 18.8 Å². The van der Waals surface area contributed by atoms with E-state index in [0.717, 1.165) is 24.3 Å². The Labute approximate surface area is 129 Å². The summed E-state index contributed by atoms with van der Waals surface area (Å²) >= 11 is 1.45. The fraction of sp³-hybridized carbons (Fsp3) is 0.562. The summed E-state index contributed by atoms with van der Waals surface area (Å²) in [6.07, 6.45) is 2.73. The minimum atomic E-state index is -0.0526. The molecule has 1 aliphatic rings. The second-order valence-electron chi connectivity index (χ2n) is 5.05. The van der Waals surface area contributed by atoms with Gasteiger partial charge in [0.05, 0.1) is 23.2 Å². The lowest BCUT2D eigenvalue weighted by atomic mass is 9.99. The van der Waals surface area contributed by atoms with Crippen molar-refractivity contribution in [1.82, 2.24) is 5.32 Å². The maximum absolute atomic E-state index is 12.1. The molecule has 2 rings (SSSR count). The molecule has 0 saturated carbocycles. The largest absolute Gasteiger partial charge is 0.395 e. The van der Waals surface area contributed by atoms with Gasteiger partial charge in [0.15, 0.2) is 0 Å². The quantitative estimate of drug-likeness (QED) is 0.818. The zero-order chi connectivity index (χ0) is 15.1. The smallest absolute Gasteiger partial charge is 0.252 e. The zero-order valence-electron chi connectivity index (χ0n) is 12.2. The molecule has 0 spiro atoms. The Morgan fingerprint density at radius 2 is 2.48 bits per heavy atom. The third kappa shape index (κ3) is 4.57. The summed E-state index contributed by atoms with van der Waals surface area (Å²) in [4.78, 5) is 13.0. The van der Waals surface area contributed by atoms with Gasteiger partial charge in [-0.05, 0) is 18.9 Å². The molecule has 2 unspecified atom stereocenters. The number of nitrogens with one attached hydrogen (secondary N) is 1. The van der Waals surface area contributed by atoms with Gasteiger partial charge in [-0.2, -0.15) is 0 Å². The summed E-state index contributed by atoms with van der Waals surface area (Å²) in [6.45, 7) is 3.63. The summed E-state index contributed by atoms with van der Waals surface area (Å²) in [5.41, 5.74) is 0.653. The van der Waals surface area contributed by atoms with Crippen molar-refractivity contribution in [2.24, 2.45) is 5.92 Å². The molecule has 2 heterocycles. The number of amides is 1. The van der Waals surface area contributed by atoms with Gasteiger partial charge in [0.2, 0.25) is 0 Å². The van der Waals surface area contributed by atoms with Crippen LogP contribution in [0.1, 0.15) is 41.4 Å². The third-order valence-electron chi connectivity index (χ3n) is 3.58. The summed E-state index contributed by atoms with van der Waals surface area (Å²) in [6, 6.07) is 1.80. The first-order chi connectivity index (χ1) is 10.2. The van der Waals surface area contributed by atoms with Crippen LogP contribution in [-0.4, -0.2) is 36.9 Å². The molecule has 5 heteroatoms. The summed E-state index contributed by atoms with van der Waals surface area (Å²) < 4.78 is 5.62. The monoisotopic (exact) mass is 307 g/mol. The van der Waals surface area contributed by atoms with E-state index in [9.17, 15) is 4.79 Å². The lowest BCUT2D eigenvalue weighted by Gasteiger charge is -2.16. The first-order valence-electron chi connectivity index (χ1n) is 7.32. The first kappa shape index (κ1) is 16.0. The van der Waals surface area contributed by atoms with E-state index in [4.69, 9.17) is 9.84 Å². The number of carbonyl (C=O) groups excluding carboxylic acids is 1. The molecule has 21 heavy (non-hydrogen) atoms. The SMILES string of the molecule is CCC1OCCC1CNC(=O)c1csc(C#CCCO)c1. The predicted molar refractivity (Wildman–Crippen MR) is 83.4 cm³/mol. The van der Waals surface area contributed by atoms with E-state index in [0.29, 0.717) is 24.4 Å². The van der Waals surface area contributed by atoms with Gasteiger partial charge in [0.1, 0.15) is 0 Å². The highest BCUT2D eigenvalue weighted by Gasteiger charge is 2.26. The Kier molecular flexibility index (Phi) is 6.24. The molecule has 1 fully saturated rings. The van der Waals surface area contributed by atoms with Crippen LogP contribution >= 0.6 is 11.3 Å². The highest BCUT2D eigenvalue weighted by Crippen LogP contribution is 2.22. The average Bonchev–Trinajstić information content (AvgIpc) is 3.13. The fourth-order valence-electron chi connectivity index (χ4n) is 2.43. The van der Waals surface area contributed by atoms with Gasteiger partial charge >= 0.3 is 0 Å². The number of ether oxygens (including phenoxy) is 1. The molecule has 0 aromatic carbocycles. The minimum absolute atomic E-state index is 0.0526. The van der Waals surface area contributed by atoms with Gasteiger partial charge in [0.25, 0.3) is 5.91 Å². The Balaban J connectivity index is 1.85. The standard InChI is InChI=1S/C16H21NO3S/c1-2-15-12(6-8-20-15)10-17-16(19)13-9-14(21-11-13)5-3-4-7-18/h9,11-12,15,18H,2,4,6-8,10H2,1H3,(H,17,19). The van der Waals surface area contributed by atoms with Crippen LogP contribution in [0.2, 0.25) is 0 Å². The van der Waals surface area contributed by atoms with E-state index in [1.54, 1.807) is 6.07 Å². The van der Waals surface area contributed by atoms with Crippen LogP contribution in [-0.2, 0) is 4.74 Å². The van der Waals surface area contributed by atoms with Crippen molar-refractivity contribution >= 4 is 17.2 Å². The number of carbonyl (C=O) groups is 1. The Bertz CT molecular complexity index is 529. The van der Waals surface area contributed by atoms with Crippen molar-refractivity contribution in [3.05, 3.63) is 21.9 Å². The highest BCUT2D eigenvalue weighted by molar-refractivity contribution is 7.10. The molecule has 2 N–H and O–H groups in total. The van der Waals surface area contributed by atoms with Gasteiger partial charge in [-0.3, -0.25) is 4.79 Å². The van der Waals surface area contributed by atoms with Crippen molar-refractivity contribution in [1.29, 1.82) is 0 Å². The molecule has 1 saturated heterocycles. The molecule has 4 nitrogen and oxygen atoms in total. The molecule has 2 atom stereocenters. The summed E-state index contributed by atoms with van der Waals surface area (Å²) in [5, 5.41) is 13.5. The van der Waals surface area contributed by atoms with E-state index < -0.39 is 0 Å². The van der Waals surface area contributed by atoms with Crippen LogP contribution in [0.15, 0.2) is 11.4 Å². The Morgan fingerprint density at radius 3 is 3.24 bits per heavy atom. The Morgan fingerprint density at radius 1 is 1.62 bits per heavy atom. The molecule has 1 aromatic rings. The number of rotatable bonds is 5. The van der Waals surface area contributed by atoms with Crippen LogP contribution in [0.25, 0.3) is 0 Å². The fourth-order valence-corrected chi connectivity index (χ4v) is 3.18. The van der Waals surface area contributed by atoms with Crippen LogP contribution in [0, 0.1) is 17.8 Å². The number of aliphatic hydroxyl groups excluding tert-OH is 1. The number of aliphatic hydroxyl groups is 1. The second kappa shape index (κ2) is 8.18. The normalized spacial score (nSPS) is 20.9. The van der Waals surface area contributed by atoms with Gasteiger partial charge in [0, 0.05) is 30.9 Å². The van der Waals surface area contributed by atoms with Crippen molar-refractivity contribution in [3.8, 4) is 11.8 Å². The van der Waals surface area contributed by atoms with Crippen molar-refractivity contribution in [2.45, 2.75) is 32.3 Å². The Hall–Kier alpha value is -1.35. The van der Waals surface area contributed by atoms with Crippen molar-refractivity contribution < 1.29 is 14.6 Å². The van der Waals surface area contributed by atoms with E-state index in [2.05, 4.69) is 24.1 Å². The van der Waals surface area contributed by atoms with Crippen molar-refractivity contribution in [3.63, 3.8) is 0 Å². The molecule has 1 aromatic heterocycles. The van der Waals surface area contributed by atoms with Gasteiger partial charge in [-0.25, -0.2) is 0 Å². The zero-order valence-corrected chi connectivity index (χ0v) is 13.0. The summed E-state index contributed by atoms with van der Waals surface area (Å²) in [7, 11) is 0. The average molecular weight is 307 g/mol. The van der Waals surface area contributed by atoms with Crippen LogP contribution in [0.3, 0.4) is 0 Å². The van der Waals surface area contributed by atoms with E-state index in [1.807, 2.05) is 5.38 Å². The van der Waals surface area contributed by atoms with Crippen molar-refractivity contribution in [2.75, 3.05) is 19.8 Å². The molecule has 114 valence electrons. The van der Waals surface area contributed by atoms with Gasteiger partial charge in [-0.15, -0.1) is 11.3 Å². The highest BCUT2D eigenvalue weighted by atomic mass is 32.1. The lowest BCUT2D eigenvalue weighted by molar-refractivity contribution is 0.0827. The predicted octanol–water partition coefficient (Wildman–Crippen LogP) is 2.03. The first-order valence-corrected chi connectivity index (χ1v) is 8.20. The topological polar surface area (TPSA) is 58.6 Å². The van der Waals surface area contributed by atoms with E-state index >= 15 is 0 Å². The molecular weight excluding hydrogens is 286 g/mol. The number of hydrogen-bond acceptors (Lipinski definition) is 4. The molecule has 0 radical (unpaired) electrons. The summed E-state index contributed by atoms with van der Waals surface area (Å²) in [5.74, 6) is 6.16. The molecular formula is C16H21NO3S. The lowest BCUT2D eigenvalue weighted by Crippen LogP contribution is -2.32. The minimum Gasteiger partial charge on any atom is -0.395 e. The number of hydrogen-bond donors (Lipinski definition) is 2. The maximum Gasteiger partial charge on any atom is 0.252 e. The van der Waals surface area contributed by atoms with Crippen LogP contribution < -0.4 is 5.32 Å². The molecule has 1 aliphatic heterocycles. The molecule has 1 amide bonds. The molecule has 0 bridgehead atoms. The van der Waals surface area contributed by atoms with Crippen LogP contribution in [0.5, 0.6) is 0 Å². The van der Waals surface area contributed by atoms with Crippen LogP contribution in [0.4, 0.5) is 0 Å². The van der Waals surface area contributed by atoms with E-state index in [-0.39, 0.29) is 18.6 Å². The number of thiophene rings is 1. The maximum atomic E-state index is 12.1. The van der Waals surface area contributed by atoms with E-state index in [1.165, 1.54) is 11.3 Å². The molecule has 0 aliphatic carbocycles. The second-order valence-corrected chi connectivity index (χ2v) is 5.96.